The molecular formula is C17H20N2O3S. The van der Waals surface area contributed by atoms with Crippen LogP contribution in [0.2, 0.25) is 0 Å². The molecule has 1 aromatic heterocycles. The molecule has 5 nitrogen and oxygen atoms in total. The van der Waals surface area contributed by atoms with E-state index in [1.54, 1.807) is 38.2 Å². The Hall–Kier alpha value is -2.18. The molecule has 1 heterocycles. The zero-order valence-electron chi connectivity index (χ0n) is 13.2. The number of carbonyl (C=O) groups is 2. The fraction of sp³-hybridized carbons (Fsp3) is 0.294. The maximum Gasteiger partial charge on any atom is 0.264 e. The third kappa shape index (κ3) is 4.64. The highest BCUT2D eigenvalue weighted by atomic mass is 32.1. The van der Waals surface area contributed by atoms with Crippen LogP contribution >= 0.6 is 11.3 Å². The minimum atomic E-state index is -1.16. The van der Waals surface area contributed by atoms with E-state index < -0.39 is 5.60 Å². The predicted octanol–water partition coefficient (Wildman–Crippen LogP) is 1.84. The molecule has 0 fully saturated rings. The first-order chi connectivity index (χ1) is 10.9. The SMILES string of the molecule is CN(CC(=O)NCC(C)(O)c1ccccc1)C(=O)c1cccs1. The number of thiophene rings is 1. The highest BCUT2D eigenvalue weighted by molar-refractivity contribution is 7.12. The Morgan fingerprint density at radius 2 is 1.91 bits per heavy atom. The number of aliphatic hydroxyl groups is 1. The molecule has 122 valence electrons. The number of likely N-dealkylation sites (N-methyl/N-ethyl adjacent to an activating group) is 1. The molecule has 0 aliphatic carbocycles. The number of nitrogens with one attached hydrogen (secondary N) is 1. The van der Waals surface area contributed by atoms with Gasteiger partial charge in [0.15, 0.2) is 0 Å². The van der Waals surface area contributed by atoms with Crippen molar-refractivity contribution in [2.45, 2.75) is 12.5 Å². The van der Waals surface area contributed by atoms with Crippen LogP contribution in [0.5, 0.6) is 0 Å². The number of carbonyl (C=O) groups excluding carboxylic acids is 2. The van der Waals surface area contributed by atoms with Crippen LogP contribution in [-0.4, -0.2) is 42.0 Å². The zero-order chi connectivity index (χ0) is 16.9. The van der Waals surface area contributed by atoms with E-state index >= 15 is 0 Å². The van der Waals surface area contributed by atoms with Crippen molar-refractivity contribution in [2.75, 3.05) is 20.1 Å². The molecule has 2 rings (SSSR count). The summed E-state index contributed by atoms with van der Waals surface area (Å²) >= 11 is 1.34. The number of hydrogen-bond acceptors (Lipinski definition) is 4. The highest BCUT2D eigenvalue weighted by Gasteiger charge is 2.24. The second-order valence-corrected chi connectivity index (χ2v) is 6.50. The molecular weight excluding hydrogens is 312 g/mol. The van der Waals surface area contributed by atoms with E-state index in [2.05, 4.69) is 5.32 Å². The van der Waals surface area contributed by atoms with Gasteiger partial charge in [0.05, 0.1) is 18.0 Å². The van der Waals surface area contributed by atoms with Crippen LogP contribution in [0.15, 0.2) is 47.8 Å². The monoisotopic (exact) mass is 332 g/mol. The Balaban J connectivity index is 1.86. The molecule has 2 amide bonds. The van der Waals surface area contributed by atoms with E-state index in [0.717, 1.165) is 5.56 Å². The van der Waals surface area contributed by atoms with Gasteiger partial charge in [-0.15, -0.1) is 11.3 Å². The van der Waals surface area contributed by atoms with E-state index in [-0.39, 0.29) is 24.9 Å². The van der Waals surface area contributed by atoms with Crippen LogP contribution in [0.25, 0.3) is 0 Å². The summed E-state index contributed by atoms with van der Waals surface area (Å²) in [6, 6.07) is 12.7. The zero-order valence-corrected chi connectivity index (χ0v) is 14.0. The second-order valence-electron chi connectivity index (χ2n) is 5.56. The van der Waals surface area contributed by atoms with Crippen LogP contribution in [0, 0.1) is 0 Å². The van der Waals surface area contributed by atoms with Gasteiger partial charge in [-0.25, -0.2) is 0 Å². The predicted molar refractivity (Wildman–Crippen MR) is 90.3 cm³/mol. The lowest BCUT2D eigenvalue weighted by atomic mass is 9.96. The number of hydrogen-bond donors (Lipinski definition) is 2. The largest absolute Gasteiger partial charge is 0.384 e. The number of rotatable bonds is 6. The van der Waals surface area contributed by atoms with Crippen molar-refractivity contribution in [3.63, 3.8) is 0 Å². The van der Waals surface area contributed by atoms with Crippen molar-refractivity contribution in [3.8, 4) is 0 Å². The van der Waals surface area contributed by atoms with Gasteiger partial charge >= 0.3 is 0 Å². The minimum absolute atomic E-state index is 0.0540. The van der Waals surface area contributed by atoms with Crippen molar-refractivity contribution in [2.24, 2.45) is 0 Å². The Labute approximate surface area is 139 Å². The highest BCUT2D eigenvalue weighted by Crippen LogP contribution is 2.18. The molecule has 1 atom stereocenters. The maximum atomic E-state index is 12.1. The molecule has 2 N–H and O–H groups in total. The van der Waals surface area contributed by atoms with Crippen LogP contribution in [-0.2, 0) is 10.4 Å². The number of amides is 2. The Bertz CT molecular complexity index is 654. The molecule has 0 radical (unpaired) electrons. The van der Waals surface area contributed by atoms with E-state index in [1.165, 1.54) is 16.2 Å². The van der Waals surface area contributed by atoms with Gasteiger partial charge < -0.3 is 15.3 Å². The standard InChI is InChI=1S/C17H20N2O3S/c1-17(22,13-7-4-3-5-8-13)12-18-15(20)11-19(2)16(21)14-9-6-10-23-14/h3-10,22H,11-12H2,1-2H3,(H,18,20). The Morgan fingerprint density at radius 1 is 1.22 bits per heavy atom. The lowest BCUT2D eigenvalue weighted by Gasteiger charge is -2.25. The molecule has 2 aromatic rings. The Morgan fingerprint density at radius 3 is 2.52 bits per heavy atom. The van der Waals surface area contributed by atoms with E-state index in [4.69, 9.17) is 0 Å². The summed E-state index contributed by atoms with van der Waals surface area (Å²) < 4.78 is 0. The molecule has 0 saturated heterocycles. The molecule has 0 saturated carbocycles. The van der Waals surface area contributed by atoms with Gasteiger partial charge in [-0.1, -0.05) is 36.4 Å². The topological polar surface area (TPSA) is 69.6 Å². The van der Waals surface area contributed by atoms with Crippen LogP contribution in [0.4, 0.5) is 0 Å². The summed E-state index contributed by atoms with van der Waals surface area (Å²) in [5.41, 5.74) is -0.434. The molecule has 23 heavy (non-hydrogen) atoms. The molecule has 0 bridgehead atoms. The fourth-order valence-electron chi connectivity index (χ4n) is 2.10. The van der Waals surface area contributed by atoms with Crippen molar-refractivity contribution < 1.29 is 14.7 Å². The third-order valence-corrected chi connectivity index (χ3v) is 4.34. The van der Waals surface area contributed by atoms with Gasteiger partial charge in [-0.05, 0) is 23.9 Å². The van der Waals surface area contributed by atoms with Crippen molar-refractivity contribution >= 4 is 23.2 Å². The normalized spacial score (nSPS) is 13.2. The van der Waals surface area contributed by atoms with Crippen molar-refractivity contribution in [1.82, 2.24) is 10.2 Å². The maximum absolute atomic E-state index is 12.1. The smallest absolute Gasteiger partial charge is 0.264 e. The van der Waals surface area contributed by atoms with Crippen molar-refractivity contribution in [1.29, 1.82) is 0 Å². The van der Waals surface area contributed by atoms with Gasteiger partial charge in [-0.3, -0.25) is 9.59 Å². The number of benzene rings is 1. The first-order valence-electron chi connectivity index (χ1n) is 7.24. The summed E-state index contributed by atoms with van der Waals surface area (Å²) in [5, 5.41) is 14.9. The molecule has 6 heteroatoms. The number of nitrogens with zero attached hydrogens (tertiary/aromatic N) is 1. The summed E-state index contributed by atoms with van der Waals surface area (Å²) in [6.07, 6.45) is 0. The summed E-state index contributed by atoms with van der Waals surface area (Å²) in [7, 11) is 1.58. The van der Waals surface area contributed by atoms with Gasteiger partial charge in [0, 0.05) is 7.05 Å². The lowest BCUT2D eigenvalue weighted by molar-refractivity contribution is -0.122. The van der Waals surface area contributed by atoms with Crippen molar-refractivity contribution in [3.05, 3.63) is 58.3 Å². The quantitative estimate of drug-likeness (QED) is 0.848. The lowest BCUT2D eigenvalue weighted by Crippen LogP contribution is -2.43. The van der Waals surface area contributed by atoms with E-state index in [1.807, 2.05) is 23.6 Å². The second kappa shape index (κ2) is 7.39. The minimum Gasteiger partial charge on any atom is -0.384 e. The van der Waals surface area contributed by atoms with Crippen LogP contribution in [0.1, 0.15) is 22.2 Å². The van der Waals surface area contributed by atoms with E-state index in [9.17, 15) is 14.7 Å². The molecule has 0 aliphatic rings. The average molecular weight is 332 g/mol. The average Bonchev–Trinajstić information content (AvgIpc) is 3.07. The third-order valence-electron chi connectivity index (χ3n) is 3.48. The molecule has 0 spiro atoms. The Kier molecular flexibility index (Phi) is 5.52. The van der Waals surface area contributed by atoms with Gasteiger partial charge in [0.2, 0.25) is 5.91 Å². The van der Waals surface area contributed by atoms with Crippen LogP contribution in [0.3, 0.4) is 0 Å². The fourth-order valence-corrected chi connectivity index (χ4v) is 2.82. The van der Waals surface area contributed by atoms with Crippen LogP contribution < -0.4 is 5.32 Å². The first-order valence-corrected chi connectivity index (χ1v) is 8.12. The molecule has 1 unspecified atom stereocenters. The summed E-state index contributed by atoms with van der Waals surface area (Å²) in [6.45, 7) is 1.67. The van der Waals surface area contributed by atoms with Gasteiger partial charge in [0.1, 0.15) is 5.60 Å². The summed E-state index contributed by atoms with van der Waals surface area (Å²) in [5.74, 6) is -0.501. The molecule has 1 aromatic carbocycles. The van der Waals surface area contributed by atoms with Gasteiger partial charge in [-0.2, -0.15) is 0 Å². The summed E-state index contributed by atoms with van der Waals surface area (Å²) in [4.78, 5) is 26.0. The first kappa shape index (κ1) is 17.2. The molecule has 0 aliphatic heterocycles. The van der Waals surface area contributed by atoms with E-state index in [0.29, 0.717) is 4.88 Å². The van der Waals surface area contributed by atoms with Gasteiger partial charge in [0.25, 0.3) is 5.91 Å².